The van der Waals surface area contributed by atoms with Gasteiger partial charge in [0.05, 0.1) is 5.69 Å². The number of hydrogen-bond acceptors (Lipinski definition) is 4. The Morgan fingerprint density at radius 2 is 2.03 bits per heavy atom. The van der Waals surface area contributed by atoms with Gasteiger partial charge in [-0.25, -0.2) is 9.37 Å². The van der Waals surface area contributed by atoms with Crippen molar-refractivity contribution >= 4 is 11.7 Å². The van der Waals surface area contributed by atoms with E-state index >= 15 is 0 Å². The normalized spacial score (nSPS) is 13.2. The van der Waals surface area contributed by atoms with Crippen LogP contribution in [0.5, 0.6) is 0 Å². The van der Waals surface area contributed by atoms with E-state index in [0.717, 1.165) is 18.4 Å². The van der Waals surface area contributed by atoms with E-state index < -0.39 is 0 Å². The van der Waals surface area contributed by atoms with Crippen LogP contribution in [0.3, 0.4) is 0 Å². The van der Waals surface area contributed by atoms with Crippen LogP contribution in [0.1, 0.15) is 34.3 Å². The van der Waals surface area contributed by atoms with Crippen LogP contribution < -0.4 is 16.2 Å². The molecule has 2 N–H and O–H groups in total. The average molecular weight is 392 g/mol. The molecule has 1 saturated carbocycles. The predicted molar refractivity (Wildman–Crippen MR) is 109 cm³/mol. The Bertz CT molecular complexity index is 1120. The minimum atomic E-state index is -0.369. The van der Waals surface area contributed by atoms with Gasteiger partial charge in [0.25, 0.3) is 11.5 Å². The highest BCUT2D eigenvalue weighted by atomic mass is 19.1. The van der Waals surface area contributed by atoms with Crippen LogP contribution in [0.15, 0.2) is 59.7 Å². The molecule has 1 aliphatic rings. The molecule has 0 atom stereocenters. The van der Waals surface area contributed by atoms with Crippen molar-refractivity contribution in [3.63, 3.8) is 0 Å². The third-order valence-corrected chi connectivity index (χ3v) is 4.89. The standard InChI is InChI=1S/C22H21FN4O2/c1-14-6-7-15(21(28)26-17-8-9-17)12-19(14)27-11-10-24-20(22(27)29)25-13-16-4-2-3-5-18(16)23/h2-7,10-12,17H,8-9,13H2,1H3,(H,24,25)(H,26,28). The van der Waals surface area contributed by atoms with Crippen LogP contribution in [0.25, 0.3) is 5.69 Å². The third kappa shape index (κ3) is 4.18. The molecule has 1 heterocycles. The Kier molecular flexibility index (Phi) is 5.12. The number of hydrogen-bond donors (Lipinski definition) is 2. The van der Waals surface area contributed by atoms with E-state index in [9.17, 15) is 14.0 Å². The molecule has 0 radical (unpaired) electrons. The topological polar surface area (TPSA) is 76.0 Å². The van der Waals surface area contributed by atoms with Crippen LogP contribution >= 0.6 is 0 Å². The van der Waals surface area contributed by atoms with Crippen molar-refractivity contribution in [2.45, 2.75) is 32.4 Å². The van der Waals surface area contributed by atoms with Gasteiger partial charge in [0.2, 0.25) is 0 Å². The van der Waals surface area contributed by atoms with Crippen LogP contribution in [-0.4, -0.2) is 21.5 Å². The minimum Gasteiger partial charge on any atom is -0.361 e. The van der Waals surface area contributed by atoms with E-state index in [1.165, 1.54) is 16.8 Å². The zero-order valence-electron chi connectivity index (χ0n) is 16.0. The molecule has 148 valence electrons. The fraction of sp³-hybridized carbons (Fsp3) is 0.227. The summed E-state index contributed by atoms with van der Waals surface area (Å²) in [7, 11) is 0. The van der Waals surface area contributed by atoms with E-state index in [4.69, 9.17) is 0 Å². The van der Waals surface area contributed by atoms with Gasteiger partial charge in [-0.1, -0.05) is 24.3 Å². The lowest BCUT2D eigenvalue weighted by molar-refractivity contribution is 0.0951. The first-order valence-electron chi connectivity index (χ1n) is 9.50. The molecule has 4 rings (SSSR count). The van der Waals surface area contributed by atoms with Gasteiger partial charge in [0, 0.05) is 36.1 Å². The van der Waals surface area contributed by atoms with Crippen LogP contribution in [-0.2, 0) is 6.54 Å². The number of nitrogens with zero attached hydrogens (tertiary/aromatic N) is 2. The molecule has 0 aliphatic heterocycles. The summed E-state index contributed by atoms with van der Waals surface area (Å²) in [5.74, 6) is -0.377. The molecule has 0 spiro atoms. The van der Waals surface area contributed by atoms with E-state index in [1.807, 2.05) is 13.0 Å². The first-order valence-corrected chi connectivity index (χ1v) is 9.50. The lowest BCUT2D eigenvalue weighted by Crippen LogP contribution is -2.26. The largest absolute Gasteiger partial charge is 0.361 e. The summed E-state index contributed by atoms with van der Waals surface area (Å²) >= 11 is 0. The lowest BCUT2D eigenvalue weighted by Gasteiger charge is -2.13. The van der Waals surface area contributed by atoms with Gasteiger partial charge in [-0.3, -0.25) is 14.2 Å². The maximum absolute atomic E-state index is 13.8. The van der Waals surface area contributed by atoms with Crippen molar-refractivity contribution in [1.82, 2.24) is 14.9 Å². The van der Waals surface area contributed by atoms with Crippen LogP contribution in [0, 0.1) is 12.7 Å². The number of anilines is 1. The minimum absolute atomic E-state index is 0.114. The summed E-state index contributed by atoms with van der Waals surface area (Å²) in [5.41, 5.74) is 2.03. The molecular formula is C22H21FN4O2. The van der Waals surface area contributed by atoms with E-state index in [1.54, 1.807) is 36.5 Å². The SMILES string of the molecule is Cc1ccc(C(=O)NC2CC2)cc1-n1ccnc(NCc2ccccc2F)c1=O. The second-order valence-electron chi connectivity index (χ2n) is 7.14. The summed E-state index contributed by atoms with van der Waals surface area (Å²) in [6, 6.07) is 11.9. The Labute approximate surface area is 167 Å². The maximum atomic E-state index is 13.8. The van der Waals surface area contributed by atoms with Gasteiger partial charge >= 0.3 is 0 Å². The highest BCUT2D eigenvalue weighted by Crippen LogP contribution is 2.21. The van der Waals surface area contributed by atoms with Crippen molar-refractivity contribution in [3.8, 4) is 5.69 Å². The number of nitrogens with one attached hydrogen (secondary N) is 2. The number of carbonyl (C=O) groups is 1. The van der Waals surface area contributed by atoms with Gasteiger partial charge in [0.1, 0.15) is 5.82 Å². The predicted octanol–water partition coefficient (Wildman–Crippen LogP) is 3.18. The number of amides is 1. The molecular weight excluding hydrogens is 371 g/mol. The summed E-state index contributed by atoms with van der Waals surface area (Å²) in [6.45, 7) is 2.01. The molecule has 29 heavy (non-hydrogen) atoms. The van der Waals surface area contributed by atoms with E-state index in [2.05, 4.69) is 15.6 Å². The molecule has 0 unspecified atom stereocenters. The quantitative estimate of drug-likeness (QED) is 0.676. The van der Waals surface area contributed by atoms with Gasteiger partial charge in [0.15, 0.2) is 5.82 Å². The van der Waals surface area contributed by atoms with Crippen molar-refractivity contribution in [3.05, 3.63) is 87.7 Å². The third-order valence-electron chi connectivity index (χ3n) is 4.89. The molecule has 3 aromatic rings. The van der Waals surface area contributed by atoms with Crippen molar-refractivity contribution in [1.29, 1.82) is 0 Å². The fourth-order valence-electron chi connectivity index (χ4n) is 3.05. The van der Waals surface area contributed by atoms with Crippen LogP contribution in [0.4, 0.5) is 10.2 Å². The van der Waals surface area contributed by atoms with E-state index in [0.29, 0.717) is 16.8 Å². The smallest absolute Gasteiger partial charge is 0.297 e. The molecule has 2 aromatic carbocycles. The van der Waals surface area contributed by atoms with Crippen LogP contribution in [0.2, 0.25) is 0 Å². The summed E-state index contributed by atoms with van der Waals surface area (Å²) in [4.78, 5) is 29.4. The number of carbonyl (C=O) groups excluding carboxylic acids is 1. The van der Waals surface area contributed by atoms with Gasteiger partial charge in [-0.15, -0.1) is 0 Å². The van der Waals surface area contributed by atoms with Crippen molar-refractivity contribution in [2.24, 2.45) is 0 Å². The molecule has 1 aliphatic carbocycles. The fourth-order valence-corrected chi connectivity index (χ4v) is 3.05. The zero-order valence-corrected chi connectivity index (χ0v) is 16.0. The molecule has 1 fully saturated rings. The second kappa shape index (κ2) is 7.87. The Morgan fingerprint density at radius 1 is 1.24 bits per heavy atom. The number of rotatable bonds is 6. The molecule has 6 nitrogen and oxygen atoms in total. The Balaban J connectivity index is 1.62. The van der Waals surface area contributed by atoms with Gasteiger partial charge in [-0.2, -0.15) is 0 Å². The first kappa shape index (κ1) is 18.9. The van der Waals surface area contributed by atoms with Crippen molar-refractivity contribution < 1.29 is 9.18 Å². The van der Waals surface area contributed by atoms with E-state index in [-0.39, 0.29) is 35.7 Å². The summed E-state index contributed by atoms with van der Waals surface area (Å²) in [5, 5.41) is 5.86. The summed E-state index contributed by atoms with van der Waals surface area (Å²) < 4.78 is 15.3. The van der Waals surface area contributed by atoms with Gasteiger partial charge < -0.3 is 10.6 Å². The molecule has 7 heteroatoms. The molecule has 1 amide bonds. The Morgan fingerprint density at radius 3 is 2.79 bits per heavy atom. The highest BCUT2D eigenvalue weighted by molar-refractivity contribution is 5.95. The number of benzene rings is 2. The summed E-state index contributed by atoms with van der Waals surface area (Å²) in [6.07, 6.45) is 5.07. The average Bonchev–Trinajstić information content (AvgIpc) is 3.53. The highest BCUT2D eigenvalue weighted by Gasteiger charge is 2.24. The molecule has 0 bridgehead atoms. The Hall–Kier alpha value is -3.48. The molecule has 0 saturated heterocycles. The second-order valence-corrected chi connectivity index (χ2v) is 7.14. The molecule has 1 aromatic heterocycles. The monoisotopic (exact) mass is 392 g/mol. The number of aromatic nitrogens is 2. The number of halogens is 1. The first-order chi connectivity index (χ1) is 14.0. The van der Waals surface area contributed by atoms with Crippen molar-refractivity contribution in [2.75, 3.05) is 5.32 Å². The van der Waals surface area contributed by atoms with Gasteiger partial charge in [-0.05, 0) is 43.5 Å². The maximum Gasteiger partial charge on any atom is 0.297 e. The zero-order chi connectivity index (χ0) is 20.4. The lowest BCUT2D eigenvalue weighted by atomic mass is 10.1. The number of aryl methyl sites for hydroxylation is 1.